The minimum atomic E-state index is -5.08. The third kappa shape index (κ3) is 3.97. The van der Waals surface area contributed by atoms with Gasteiger partial charge >= 0.3 is 12.1 Å². The predicted molar refractivity (Wildman–Crippen MR) is 23.6 cm³/mol. The highest BCUT2D eigenvalue weighted by Gasteiger charge is 2.38. The van der Waals surface area contributed by atoms with Gasteiger partial charge in [-0.25, -0.2) is 4.79 Å². The molecule has 0 aromatic carbocycles. The van der Waals surface area contributed by atoms with Crippen molar-refractivity contribution in [3.8, 4) is 0 Å². The largest absolute Gasteiger partial charge is 0.490 e. The quantitative estimate of drug-likeness (QED) is 0.463. The lowest BCUT2D eigenvalue weighted by Gasteiger charge is -1.93. The molecule has 0 aromatic rings. The number of aliphatic carboxylic acids is 1. The first-order valence-electron chi connectivity index (χ1n) is 1.24. The minimum absolute atomic E-state index is 0. The molecular formula is C2H4AlF3O2. The fourth-order valence-corrected chi connectivity index (χ4v) is 0. The molecule has 48 valence electrons. The smallest absolute Gasteiger partial charge is 0.475 e. The van der Waals surface area contributed by atoms with Gasteiger partial charge in [0, 0.05) is 0 Å². The lowest BCUT2D eigenvalue weighted by molar-refractivity contribution is -0.192. The summed E-state index contributed by atoms with van der Waals surface area (Å²) in [5.41, 5.74) is 0. The summed E-state index contributed by atoms with van der Waals surface area (Å²) in [6.07, 6.45) is -5.08. The average Bonchev–Trinajstić information content (AvgIpc) is 1.31. The maximum Gasteiger partial charge on any atom is 0.490 e. The molecule has 8 heavy (non-hydrogen) atoms. The number of rotatable bonds is 0. The van der Waals surface area contributed by atoms with Crippen LogP contribution in [0.4, 0.5) is 13.2 Å². The van der Waals surface area contributed by atoms with Crippen molar-refractivity contribution in [2.24, 2.45) is 0 Å². The molecule has 0 bridgehead atoms. The summed E-state index contributed by atoms with van der Waals surface area (Å²) in [5.74, 6) is -2.76. The number of carbonyl (C=O) groups is 1. The first-order valence-corrected chi connectivity index (χ1v) is 1.24. The Kier molecular flexibility index (Phi) is 3.95. The fourth-order valence-electron chi connectivity index (χ4n) is 0. The molecule has 0 amide bonds. The average molecular weight is 144 g/mol. The standard InChI is InChI=1S/C2HF3O2.Al.3H/c3-2(4,5)1(6)7;;;;/h(H,6,7);;;;. The van der Waals surface area contributed by atoms with Crippen molar-refractivity contribution >= 4 is 23.3 Å². The molecule has 6 heteroatoms. The zero-order chi connectivity index (χ0) is 6.08. The second kappa shape index (κ2) is 2.95. The predicted octanol–water partition coefficient (Wildman–Crippen LogP) is -0.551. The van der Waals surface area contributed by atoms with E-state index in [9.17, 15) is 13.2 Å². The number of carboxylic acid groups (broad SMARTS) is 1. The van der Waals surface area contributed by atoms with Crippen molar-refractivity contribution < 1.29 is 23.1 Å². The van der Waals surface area contributed by atoms with Crippen LogP contribution in [-0.2, 0) is 4.79 Å². The molecule has 2 nitrogen and oxygen atoms in total. The van der Waals surface area contributed by atoms with Gasteiger partial charge in [0.2, 0.25) is 0 Å². The zero-order valence-corrected chi connectivity index (χ0v) is 2.99. The van der Waals surface area contributed by atoms with E-state index >= 15 is 0 Å². The summed E-state index contributed by atoms with van der Waals surface area (Å²) in [6, 6.07) is 0. The van der Waals surface area contributed by atoms with Crippen LogP contribution in [0.5, 0.6) is 0 Å². The Bertz CT molecular complexity index is 87.8. The minimum Gasteiger partial charge on any atom is -0.475 e. The summed E-state index contributed by atoms with van der Waals surface area (Å²) in [6.45, 7) is 0. The molecular weight excluding hydrogens is 140 g/mol. The summed E-state index contributed by atoms with van der Waals surface area (Å²) < 4.78 is 31.7. The highest BCUT2D eigenvalue weighted by molar-refractivity contribution is 5.75. The van der Waals surface area contributed by atoms with Crippen LogP contribution < -0.4 is 0 Å². The van der Waals surface area contributed by atoms with Crippen LogP contribution in [0, 0.1) is 0 Å². The topological polar surface area (TPSA) is 37.3 Å². The van der Waals surface area contributed by atoms with E-state index in [1.165, 1.54) is 0 Å². The third-order valence-corrected chi connectivity index (χ3v) is 0.243. The first kappa shape index (κ1) is 10.7. The van der Waals surface area contributed by atoms with E-state index in [0.717, 1.165) is 0 Å². The fraction of sp³-hybridized carbons (Fsp3) is 0.500. The zero-order valence-electron chi connectivity index (χ0n) is 2.99. The van der Waals surface area contributed by atoms with Gasteiger partial charge in [-0.05, 0) is 0 Å². The van der Waals surface area contributed by atoms with Crippen LogP contribution in [0.2, 0.25) is 0 Å². The Morgan fingerprint density at radius 2 is 1.50 bits per heavy atom. The van der Waals surface area contributed by atoms with Crippen LogP contribution in [0.3, 0.4) is 0 Å². The highest BCUT2D eigenvalue weighted by atomic mass is 27.0. The Morgan fingerprint density at radius 1 is 1.38 bits per heavy atom. The summed E-state index contributed by atoms with van der Waals surface area (Å²) in [5, 5.41) is 7.12. The maximum absolute atomic E-state index is 10.6. The third-order valence-electron chi connectivity index (χ3n) is 0.243. The molecule has 0 aliphatic rings. The summed E-state index contributed by atoms with van der Waals surface area (Å²) in [4.78, 5) is 8.90. The molecule has 0 saturated carbocycles. The lowest BCUT2D eigenvalue weighted by atomic mass is 10.7. The number of alkyl halides is 3. The van der Waals surface area contributed by atoms with Crippen molar-refractivity contribution in [3.05, 3.63) is 0 Å². The number of hydrogen-bond donors (Lipinski definition) is 1. The highest BCUT2D eigenvalue weighted by Crippen LogP contribution is 2.13. The lowest BCUT2D eigenvalue weighted by Crippen LogP contribution is -2.21. The normalized spacial score (nSPS) is 9.88. The van der Waals surface area contributed by atoms with Crippen LogP contribution in [0.15, 0.2) is 0 Å². The van der Waals surface area contributed by atoms with E-state index in [1.807, 2.05) is 0 Å². The van der Waals surface area contributed by atoms with Crippen LogP contribution >= 0.6 is 0 Å². The second-order valence-corrected chi connectivity index (χ2v) is 0.803. The van der Waals surface area contributed by atoms with Gasteiger partial charge in [-0.2, -0.15) is 13.2 Å². The van der Waals surface area contributed by atoms with E-state index in [2.05, 4.69) is 0 Å². The van der Waals surface area contributed by atoms with Crippen molar-refractivity contribution in [1.29, 1.82) is 0 Å². The van der Waals surface area contributed by atoms with Crippen LogP contribution in [-0.4, -0.2) is 34.6 Å². The molecule has 0 spiro atoms. The molecule has 0 saturated heterocycles. The molecule has 0 heterocycles. The summed E-state index contributed by atoms with van der Waals surface area (Å²) >= 11 is 0. The Hall–Kier alpha value is -0.208. The second-order valence-electron chi connectivity index (χ2n) is 0.803. The van der Waals surface area contributed by atoms with E-state index in [0.29, 0.717) is 0 Å². The number of carboxylic acids is 1. The van der Waals surface area contributed by atoms with Crippen molar-refractivity contribution in [1.82, 2.24) is 0 Å². The Balaban J connectivity index is 0. The molecule has 0 atom stereocenters. The van der Waals surface area contributed by atoms with Gasteiger partial charge < -0.3 is 5.11 Å². The van der Waals surface area contributed by atoms with Gasteiger partial charge in [0.1, 0.15) is 0 Å². The van der Waals surface area contributed by atoms with E-state index in [4.69, 9.17) is 9.90 Å². The maximum atomic E-state index is 10.6. The molecule has 1 N–H and O–H groups in total. The monoisotopic (exact) mass is 144 g/mol. The van der Waals surface area contributed by atoms with Crippen molar-refractivity contribution in [2.45, 2.75) is 6.18 Å². The Morgan fingerprint density at radius 3 is 1.50 bits per heavy atom. The molecule has 0 aliphatic carbocycles. The van der Waals surface area contributed by atoms with Gasteiger partial charge in [-0.15, -0.1) is 0 Å². The van der Waals surface area contributed by atoms with Gasteiger partial charge in [0.25, 0.3) is 0 Å². The van der Waals surface area contributed by atoms with Gasteiger partial charge in [-0.1, -0.05) is 0 Å². The number of halogens is 3. The summed E-state index contributed by atoms with van der Waals surface area (Å²) in [7, 11) is 0. The Labute approximate surface area is 53.4 Å². The van der Waals surface area contributed by atoms with Gasteiger partial charge in [0.15, 0.2) is 17.4 Å². The van der Waals surface area contributed by atoms with Crippen LogP contribution in [0.1, 0.15) is 0 Å². The van der Waals surface area contributed by atoms with E-state index in [-0.39, 0.29) is 17.4 Å². The van der Waals surface area contributed by atoms with Gasteiger partial charge in [0.05, 0.1) is 0 Å². The molecule has 0 aromatic heterocycles. The molecule has 0 rings (SSSR count). The van der Waals surface area contributed by atoms with Crippen molar-refractivity contribution in [3.63, 3.8) is 0 Å². The van der Waals surface area contributed by atoms with E-state index in [1.54, 1.807) is 0 Å². The first-order chi connectivity index (χ1) is 2.94. The molecule has 0 unspecified atom stereocenters. The van der Waals surface area contributed by atoms with Crippen LogP contribution in [0.25, 0.3) is 0 Å². The number of hydrogen-bond acceptors (Lipinski definition) is 1. The SMILES string of the molecule is O=C(O)C(F)(F)F.[AlH3]. The van der Waals surface area contributed by atoms with Gasteiger partial charge in [-0.3, -0.25) is 0 Å². The molecule has 0 radical (unpaired) electrons. The molecule has 0 aliphatic heterocycles. The van der Waals surface area contributed by atoms with Crippen molar-refractivity contribution in [2.75, 3.05) is 0 Å². The molecule has 0 fully saturated rings. The van der Waals surface area contributed by atoms with E-state index < -0.39 is 12.1 Å².